The third kappa shape index (κ3) is 3.42. The topological polar surface area (TPSA) is 21.3 Å². The van der Waals surface area contributed by atoms with E-state index in [1.165, 1.54) is 12.1 Å². The van der Waals surface area contributed by atoms with Crippen LogP contribution in [0.2, 0.25) is 5.02 Å². The van der Waals surface area contributed by atoms with Gasteiger partial charge in [-0.25, -0.2) is 4.39 Å². The molecule has 1 N–H and O–H groups in total. The van der Waals surface area contributed by atoms with Gasteiger partial charge in [0.25, 0.3) is 0 Å². The van der Waals surface area contributed by atoms with E-state index < -0.39 is 0 Å². The molecule has 0 aliphatic carbocycles. The Morgan fingerprint density at radius 1 is 1.20 bits per heavy atom. The van der Waals surface area contributed by atoms with Crippen LogP contribution in [-0.2, 0) is 0 Å². The molecule has 2 aromatic rings. The van der Waals surface area contributed by atoms with Crippen molar-refractivity contribution in [1.29, 1.82) is 0 Å². The van der Waals surface area contributed by atoms with E-state index in [2.05, 4.69) is 12.2 Å². The van der Waals surface area contributed by atoms with E-state index in [1.54, 1.807) is 25.3 Å². The largest absolute Gasteiger partial charge is 0.495 e. The average molecular weight is 294 g/mol. The first-order valence-electron chi connectivity index (χ1n) is 6.49. The van der Waals surface area contributed by atoms with Crippen molar-refractivity contribution in [2.75, 3.05) is 12.4 Å². The predicted molar refractivity (Wildman–Crippen MR) is 81.1 cm³/mol. The van der Waals surface area contributed by atoms with Crippen LogP contribution >= 0.6 is 11.6 Å². The van der Waals surface area contributed by atoms with Crippen molar-refractivity contribution in [3.05, 3.63) is 58.9 Å². The second-order valence-electron chi connectivity index (χ2n) is 4.51. The van der Waals surface area contributed by atoms with Crippen molar-refractivity contribution in [2.45, 2.75) is 19.4 Å². The molecule has 0 heterocycles. The van der Waals surface area contributed by atoms with Gasteiger partial charge in [-0.1, -0.05) is 30.7 Å². The van der Waals surface area contributed by atoms with Crippen LogP contribution in [0.3, 0.4) is 0 Å². The van der Waals surface area contributed by atoms with Gasteiger partial charge in [-0.05, 0) is 36.2 Å². The molecule has 2 nitrogen and oxygen atoms in total. The first kappa shape index (κ1) is 14.7. The molecule has 0 radical (unpaired) electrons. The molecule has 1 unspecified atom stereocenters. The summed E-state index contributed by atoms with van der Waals surface area (Å²) in [5.74, 6) is 0.405. The van der Waals surface area contributed by atoms with Gasteiger partial charge in [-0.2, -0.15) is 0 Å². The first-order valence-corrected chi connectivity index (χ1v) is 6.87. The fraction of sp³-hybridized carbons (Fsp3) is 0.250. The number of hydrogen-bond donors (Lipinski definition) is 1. The SMILES string of the molecule is CCC(Nc1ccc(Cl)c(OC)c1)c1ccc(F)cc1. The van der Waals surface area contributed by atoms with Gasteiger partial charge < -0.3 is 10.1 Å². The lowest BCUT2D eigenvalue weighted by atomic mass is 10.0. The molecule has 106 valence electrons. The van der Waals surface area contributed by atoms with Gasteiger partial charge in [-0.15, -0.1) is 0 Å². The van der Waals surface area contributed by atoms with Crippen molar-refractivity contribution in [1.82, 2.24) is 0 Å². The zero-order valence-corrected chi connectivity index (χ0v) is 12.2. The summed E-state index contributed by atoms with van der Waals surface area (Å²) in [7, 11) is 1.59. The van der Waals surface area contributed by atoms with Crippen LogP contribution in [0.25, 0.3) is 0 Å². The molecular weight excluding hydrogens is 277 g/mol. The summed E-state index contributed by atoms with van der Waals surface area (Å²) in [6.45, 7) is 2.08. The number of nitrogens with one attached hydrogen (secondary N) is 1. The monoisotopic (exact) mass is 293 g/mol. The highest BCUT2D eigenvalue weighted by Gasteiger charge is 2.10. The highest BCUT2D eigenvalue weighted by atomic mass is 35.5. The normalized spacial score (nSPS) is 12.0. The number of benzene rings is 2. The maximum Gasteiger partial charge on any atom is 0.139 e. The maximum absolute atomic E-state index is 13.0. The van der Waals surface area contributed by atoms with Crippen molar-refractivity contribution >= 4 is 17.3 Å². The van der Waals surface area contributed by atoms with E-state index in [9.17, 15) is 4.39 Å². The van der Waals surface area contributed by atoms with Gasteiger partial charge in [0.2, 0.25) is 0 Å². The molecule has 0 aromatic heterocycles. The quantitative estimate of drug-likeness (QED) is 0.833. The van der Waals surface area contributed by atoms with Crippen molar-refractivity contribution in [2.24, 2.45) is 0 Å². The van der Waals surface area contributed by atoms with E-state index in [4.69, 9.17) is 16.3 Å². The lowest BCUT2D eigenvalue weighted by Gasteiger charge is -2.19. The van der Waals surface area contributed by atoms with Gasteiger partial charge in [0.15, 0.2) is 0 Å². The van der Waals surface area contributed by atoms with Crippen molar-refractivity contribution in [3.63, 3.8) is 0 Å². The molecule has 4 heteroatoms. The smallest absolute Gasteiger partial charge is 0.139 e. The molecule has 20 heavy (non-hydrogen) atoms. The van der Waals surface area contributed by atoms with Gasteiger partial charge >= 0.3 is 0 Å². The standard InChI is InChI=1S/C16H17ClFNO/c1-3-15(11-4-6-12(18)7-5-11)19-13-8-9-14(17)16(10-13)20-2/h4-10,15,19H,3H2,1-2H3. The van der Waals surface area contributed by atoms with Crippen molar-refractivity contribution in [3.8, 4) is 5.75 Å². The Balaban J connectivity index is 2.19. The number of methoxy groups -OCH3 is 1. The van der Waals surface area contributed by atoms with Gasteiger partial charge in [0.1, 0.15) is 11.6 Å². The summed E-state index contributed by atoms with van der Waals surface area (Å²) < 4.78 is 18.2. The van der Waals surface area contributed by atoms with E-state index in [0.29, 0.717) is 10.8 Å². The Morgan fingerprint density at radius 3 is 2.50 bits per heavy atom. The molecule has 0 saturated carbocycles. The molecular formula is C16H17ClFNO. The molecule has 0 fully saturated rings. The van der Waals surface area contributed by atoms with E-state index in [1.807, 2.05) is 12.1 Å². The minimum absolute atomic E-state index is 0.112. The van der Waals surface area contributed by atoms with Crippen LogP contribution in [-0.4, -0.2) is 7.11 Å². The predicted octanol–water partition coefficient (Wildman–Crippen LogP) is 5.05. The molecule has 0 spiro atoms. The van der Waals surface area contributed by atoms with Crippen LogP contribution in [0.15, 0.2) is 42.5 Å². The fourth-order valence-corrected chi connectivity index (χ4v) is 2.26. The fourth-order valence-electron chi connectivity index (χ4n) is 2.07. The summed E-state index contributed by atoms with van der Waals surface area (Å²) in [6, 6.07) is 12.2. The maximum atomic E-state index is 13.0. The Labute approximate surface area is 123 Å². The van der Waals surface area contributed by atoms with E-state index in [-0.39, 0.29) is 11.9 Å². The second kappa shape index (κ2) is 6.62. The molecule has 1 atom stereocenters. The Kier molecular flexibility index (Phi) is 4.85. The Hall–Kier alpha value is -1.74. The molecule has 0 saturated heterocycles. The summed E-state index contributed by atoms with van der Waals surface area (Å²) in [5.41, 5.74) is 1.96. The number of hydrogen-bond acceptors (Lipinski definition) is 2. The Bertz CT molecular complexity index is 571. The van der Waals surface area contributed by atoms with Crippen LogP contribution in [0.1, 0.15) is 24.9 Å². The molecule has 0 aliphatic rings. The lowest BCUT2D eigenvalue weighted by molar-refractivity contribution is 0.415. The number of ether oxygens (including phenoxy) is 1. The number of rotatable bonds is 5. The van der Waals surface area contributed by atoms with E-state index in [0.717, 1.165) is 17.7 Å². The molecule has 2 rings (SSSR count). The molecule has 0 aliphatic heterocycles. The van der Waals surface area contributed by atoms with Gasteiger partial charge in [0, 0.05) is 11.8 Å². The zero-order chi connectivity index (χ0) is 14.5. The summed E-state index contributed by atoms with van der Waals surface area (Å²) in [4.78, 5) is 0. The summed E-state index contributed by atoms with van der Waals surface area (Å²) >= 11 is 6.01. The minimum atomic E-state index is -0.225. The zero-order valence-electron chi connectivity index (χ0n) is 11.5. The minimum Gasteiger partial charge on any atom is -0.495 e. The van der Waals surface area contributed by atoms with Gasteiger partial charge in [0.05, 0.1) is 18.2 Å². The highest BCUT2D eigenvalue weighted by molar-refractivity contribution is 6.32. The van der Waals surface area contributed by atoms with E-state index >= 15 is 0 Å². The first-order chi connectivity index (χ1) is 9.63. The lowest BCUT2D eigenvalue weighted by Crippen LogP contribution is -2.09. The third-order valence-corrected chi connectivity index (χ3v) is 3.48. The number of anilines is 1. The highest BCUT2D eigenvalue weighted by Crippen LogP contribution is 2.30. The van der Waals surface area contributed by atoms with Crippen LogP contribution in [0, 0.1) is 5.82 Å². The Morgan fingerprint density at radius 2 is 1.90 bits per heavy atom. The molecule has 0 bridgehead atoms. The summed E-state index contributed by atoms with van der Waals surface area (Å²) in [5, 5.41) is 3.98. The van der Waals surface area contributed by atoms with Crippen LogP contribution in [0.4, 0.5) is 10.1 Å². The number of halogens is 2. The second-order valence-corrected chi connectivity index (χ2v) is 4.91. The van der Waals surface area contributed by atoms with Gasteiger partial charge in [-0.3, -0.25) is 0 Å². The van der Waals surface area contributed by atoms with Crippen LogP contribution in [0.5, 0.6) is 5.75 Å². The van der Waals surface area contributed by atoms with Crippen LogP contribution < -0.4 is 10.1 Å². The molecule has 0 amide bonds. The summed E-state index contributed by atoms with van der Waals surface area (Å²) in [6.07, 6.45) is 0.885. The molecule has 2 aromatic carbocycles. The third-order valence-electron chi connectivity index (χ3n) is 3.17. The average Bonchev–Trinajstić information content (AvgIpc) is 2.47. The van der Waals surface area contributed by atoms with Crippen molar-refractivity contribution < 1.29 is 9.13 Å².